The molecule has 260 valence electrons. The van der Waals surface area contributed by atoms with Gasteiger partial charge in [-0.2, -0.15) is 10.5 Å². The summed E-state index contributed by atoms with van der Waals surface area (Å²) < 4.78 is 122. The maximum absolute atomic E-state index is 10.7. The van der Waals surface area contributed by atoms with E-state index in [1.807, 2.05) is 72.3 Å². The van der Waals surface area contributed by atoms with Gasteiger partial charge in [-0.1, -0.05) is 0 Å². The van der Waals surface area contributed by atoms with Crippen molar-refractivity contribution in [2.24, 2.45) is 14.1 Å². The van der Waals surface area contributed by atoms with Gasteiger partial charge in [0.2, 0.25) is 0 Å². The minimum Gasteiger partial charge on any atom is 0 e. The number of nitrogens with zero attached hydrogens (tertiary/aromatic N) is 6. The van der Waals surface area contributed by atoms with E-state index in [4.69, 9.17) is 30.8 Å². The van der Waals surface area contributed by atoms with Crippen LogP contribution in [0, 0.1) is 42.9 Å². The molecule has 0 bridgehead atoms. The van der Waals surface area contributed by atoms with Crippen LogP contribution < -0.4 is 0 Å². The van der Waals surface area contributed by atoms with Crippen molar-refractivity contribution in [2.75, 3.05) is 14.1 Å². The van der Waals surface area contributed by atoms with Crippen LogP contribution >= 0.6 is 15.6 Å². The average Bonchev–Trinajstić information content (AvgIpc) is 3.23. The van der Waals surface area contributed by atoms with Crippen LogP contribution in [0.3, 0.4) is 0 Å². The Balaban J connectivity index is -0.0000000531. The van der Waals surface area contributed by atoms with Crippen molar-refractivity contribution in [2.45, 2.75) is 13.8 Å². The van der Waals surface area contributed by atoms with Gasteiger partial charge in [0.05, 0.1) is 12.1 Å². The first-order valence-electron chi connectivity index (χ1n) is 9.03. The molecule has 0 saturated carbocycles. The van der Waals surface area contributed by atoms with Crippen LogP contribution in [0.4, 0.5) is 50.4 Å². The van der Waals surface area contributed by atoms with Crippen LogP contribution in [0.5, 0.6) is 0 Å². The van der Waals surface area contributed by atoms with Crippen molar-refractivity contribution in [3.8, 4) is 12.1 Å². The molecule has 0 spiro atoms. The number of nitro groups is 2. The number of aromatic nitrogens is 2. The van der Waals surface area contributed by atoms with E-state index in [9.17, 15) is 50.4 Å². The molecule has 0 aliphatic rings. The van der Waals surface area contributed by atoms with Crippen LogP contribution in [0.15, 0.2) is 49.1 Å². The molecule has 2 heterocycles. The topological polar surface area (TPSA) is 144 Å². The third-order valence-corrected chi connectivity index (χ3v) is 1.51. The van der Waals surface area contributed by atoms with Gasteiger partial charge in [-0.15, -0.1) is 0 Å². The molecule has 2 aromatic rings. The number of rotatable bonds is 0. The van der Waals surface area contributed by atoms with Gasteiger partial charge in [-0.3, -0.25) is 20.2 Å². The van der Waals surface area contributed by atoms with E-state index < -0.39 is 25.5 Å². The summed E-state index contributed by atoms with van der Waals surface area (Å²) in [6, 6.07) is 11.5. The van der Waals surface area contributed by atoms with Crippen molar-refractivity contribution < 1.29 is 101 Å². The largest absolute Gasteiger partial charge is 0 e. The first-order chi connectivity index (χ1) is 17.0. The van der Waals surface area contributed by atoms with Gasteiger partial charge in [0, 0.05) is 103 Å². The van der Waals surface area contributed by atoms with Crippen molar-refractivity contribution in [3.63, 3.8) is 0 Å². The summed E-state index contributed by atoms with van der Waals surface area (Å²) >= 11 is 0. The van der Waals surface area contributed by atoms with E-state index in [1.54, 1.807) is 12.1 Å². The molecule has 0 saturated heterocycles. The molecule has 0 aliphatic carbocycles. The summed E-state index contributed by atoms with van der Waals surface area (Å²) in [7, 11) is -15.5. The Bertz CT molecular complexity index is 911. The van der Waals surface area contributed by atoms with Crippen molar-refractivity contribution in [1.29, 1.82) is 10.5 Å². The summed E-state index contributed by atoms with van der Waals surface area (Å²) in [5.74, 6) is 0. The fourth-order valence-corrected chi connectivity index (χ4v) is 0.841. The van der Waals surface area contributed by atoms with E-state index in [1.165, 1.54) is 13.8 Å². The van der Waals surface area contributed by atoms with Crippen LogP contribution in [0.1, 0.15) is 13.8 Å². The number of hydrogen-bond donors (Lipinski definition) is 0. The maximum Gasteiger partial charge on any atom is 0 e. The molecule has 2 aromatic heterocycles. The van der Waals surface area contributed by atoms with Gasteiger partial charge in [0.25, 0.3) is 0 Å². The number of nitriles is 2. The van der Waals surface area contributed by atoms with Crippen LogP contribution in [-0.4, -0.2) is 33.1 Å². The SMILES string of the molecule is CC#N.CC#N.C[N+](=O)[O-].C[N+](=O)[O-].Cn1cccc1.Cn1cccc1.F[P-](F)(F)(F)(F)F.F[P-](F)(F)(F)(F)F.[Pd].[Pd]. The molecule has 0 unspecified atom stereocenters. The second-order valence-electron chi connectivity index (χ2n) is 5.94. The van der Waals surface area contributed by atoms with E-state index >= 15 is 0 Å². The molecule has 42 heavy (non-hydrogen) atoms. The molecule has 0 aliphatic heterocycles. The summed E-state index contributed by atoms with van der Waals surface area (Å²) in [5.41, 5.74) is 0. The Labute approximate surface area is 259 Å². The molecule has 10 nitrogen and oxygen atoms in total. The summed E-state index contributed by atoms with van der Waals surface area (Å²) in [6.07, 6.45) is 8.00. The smallest absolute Gasteiger partial charge is 0 e. The van der Waals surface area contributed by atoms with Crippen LogP contribution in [0.25, 0.3) is 0 Å². The third-order valence-electron chi connectivity index (χ3n) is 1.51. The predicted octanol–water partition coefficient (Wildman–Crippen LogP) is 9.66. The molecule has 0 N–H and O–H groups in total. The summed E-state index contributed by atoms with van der Waals surface area (Å²) in [5, 5.41) is 32.2. The van der Waals surface area contributed by atoms with Gasteiger partial charge < -0.3 is 9.13 Å². The Morgan fingerprint density at radius 2 is 0.643 bits per heavy atom. The van der Waals surface area contributed by atoms with Gasteiger partial charge in [-0.05, 0) is 24.3 Å². The van der Waals surface area contributed by atoms with Crippen molar-refractivity contribution >= 4 is 15.6 Å². The quantitative estimate of drug-likeness (QED) is 0.0848. The Morgan fingerprint density at radius 1 is 0.571 bits per heavy atom. The average molecular weight is 869 g/mol. The monoisotopic (exact) mass is 868 g/mol. The molecule has 0 radical (unpaired) electrons. The third kappa shape index (κ3) is 371. The second kappa shape index (κ2) is 22.3. The molecule has 0 aromatic carbocycles. The predicted molar refractivity (Wildman–Crippen MR) is 126 cm³/mol. The maximum atomic E-state index is 9.87. The fraction of sp³-hybridized carbons (Fsp3) is 0.375. The molecule has 0 fully saturated rings. The Kier molecular flexibility index (Phi) is 31.3. The van der Waals surface area contributed by atoms with E-state index in [-0.39, 0.29) is 40.8 Å². The molecular weight excluding hydrogens is 843 g/mol. The molecule has 0 atom stereocenters. The minimum absolute atomic E-state index is 0. The van der Waals surface area contributed by atoms with Crippen LogP contribution in [-0.2, 0) is 54.9 Å². The zero-order valence-corrected chi connectivity index (χ0v) is 26.9. The second-order valence-corrected chi connectivity index (χ2v) is 9.77. The van der Waals surface area contributed by atoms with Crippen molar-refractivity contribution in [1.82, 2.24) is 9.13 Å². The van der Waals surface area contributed by atoms with E-state index in [0.717, 1.165) is 14.1 Å². The molecular formula is C16H26F12N6O4P2Pd2-2. The zero-order chi connectivity index (χ0) is 34.2. The van der Waals surface area contributed by atoms with Crippen LogP contribution in [0.2, 0.25) is 0 Å². The first-order valence-corrected chi connectivity index (χ1v) is 13.1. The minimum atomic E-state index is -10.7. The number of halogens is 12. The molecule has 26 heteroatoms. The number of aryl methyl sites for hydroxylation is 2. The standard InChI is InChI=1S/2C5H7N.2C2H3N.2CH3NO2.2F6P.2Pd/c2*1-6-4-2-3-5-6;2*1-2-3;2*1-2(3)4;2*1-7(2,3,4,5)6;;/h2*2-5H,1H3;2*1H3;2*1H3;;;;/q;;;;;;2*-1;;. The van der Waals surface area contributed by atoms with Gasteiger partial charge >= 0.3 is 66.0 Å². The summed E-state index contributed by atoms with van der Waals surface area (Å²) in [6.45, 7) is 2.86. The molecule has 2 rings (SSSR count). The number of hydrogen-bond acceptors (Lipinski definition) is 6. The normalized spacial score (nSPS) is 11.8. The van der Waals surface area contributed by atoms with Gasteiger partial charge in [-0.25, -0.2) is 0 Å². The summed E-state index contributed by atoms with van der Waals surface area (Å²) in [4.78, 5) is 16.6. The molecule has 0 amide bonds. The fourth-order valence-electron chi connectivity index (χ4n) is 0.841. The van der Waals surface area contributed by atoms with Gasteiger partial charge in [0.1, 0.15) is 0 Å². The van der Waals surface area contributed by atoms with Gasteiger partial charge in [0.15, 0.2) is 14.1 Å². The van der Waals surface area contributed by atoms with Crippen molar-refractivity contribution in [3.05, 3.63) is 69.3 Å². The van der Waals surface area contributed by atoms with E-state index in [2.05, 4.69) is 0 Å². The Hall–Kier alpha value is -2.32. The first kappa shape index (κ1) is 59.2. The van der Waals surface area contributed by atoms with E-state index in [0.29, 0.717) is 0 Å². The Morgan fingerprint density at radius 3 is 0.667 bits per heavy atom. The zero-order valence-electron chi connectivity index (χ0n) is 22.0.